The van der Waals surface area contributed by atoms with Crippen LogP contribution in [0.4, 0.5) is 8.78 Å². The van der Waals surface area contributed by atoms with E-state index < -0.39 is 12.7 Å². The van der Waals surface area contributed by atoms with E-state index in [-0.39, 0.29) is 5.88 Å². The third-order valence-electron chi connectivity index (χ3n) is 3.25. The lowest BCUT2D eigenvalue weighted by molar-refractivity contribution is -0.0524. The minimum atomic E-state index is -3.01. The fourth-order valence-corrected chi connectivity index (χ4v) is 3.00. The molecular formula is C16H11ClF2N2O2S. The summed E-state index contributed by atoms with van der Waals surface area (Å²) in [6, 6.07) is 8.23. The van der Waals surface area contributed by atoms with E-state index in [0.717, 1.165) is 0 Å². The smallest absolute Gasteiger partial charge is 0.388 e. The molecule has 3 aromatic rings. The van der Waals surface area contributed by atoms with Gasteiger partial charge < -0.3 is 9.84 Å². The van der Waals surface area contributed by atoms with Gasteiger partial charge in [-0.15, -0.1) is 11.3 Å². The van der Waals surface area contributed by atoms with Crippen molar-refractivity contribution >= 4 is 22.9 Å². The van der Waals surface area contributed by atoms with E-state index in [1.54, 1.807) is 35.8 Å². The van der Waals surface area contributed by atoms with Crippen molar-refractivity contribution in [3.05, 3.63) is 63.7 Å². The number of aromatic nitrogens is 2. The Morgan fingerprint density at radius 2 is 2.04 bits per heavy atom. The first-order valence-electron chi connectivity index (χ1n) is 6.81. The van der Waals surface area contributed by atoms with E-state index in [4.69, 9.17) is 11.6 Å². The van der Waals surface area contributed by atoms with Gasteiger partial charge in [-0.05, 0) is 23.8 Å². The van der Waals surface area contributed by atoms with Crippen LogP contribution in [0.3, 0.4) is 0 Å². The monoisotopic (exact) mass is 368 g/mol. The molecule has 0 aliphatic heterocycles. The van der Waals surface area contributed by atoms with E-state index in [2.05, 4.69) is 14.7 Å². The predicted molar refractivity (Wildman–Crippen MR) is 87.5 cm³/mol. The number of pyridine rings is 1. The molecular weight excluding hydrogens is 358 g/mol. The van der Waals surface area contributed by atoms with Crippen molar-refractivity contribution in [2.24, 2.45) is 0 Å². The number of halogens is 3. The van der Waals surface area contributed by atoms with Gasteiger partial charge in [-0.1, -0.05) is 23.7 Å². The fraction of sp³-hybridized carbons (Fsp3) is 0.125. The summed E-state index contributed by atoms with van der Waals surface area (Å²) in [5, 5.41) is 10.8. The Balaban J connectivity index is 2.07. The Kier molecular flexibility index (Phi) is 5.03. The first-order chi connectivity index (χ1) is 11.5. The SMILES string of the molecule is OC(c1cnc(OC(F)F)c(-c2cccc(Cl)c2)c1)c1cncs1. The molecule has 0 saturated carbocycles. The number of aliphatic hydroxyl groups is 1. The molecule has 3 rings (SSSR count). The average Bonchev–Trinajstić information content (AvgIpc) is 3.08. The van der Waals surface area contributed by atoms with E-state index >= 15 is 0 Å². The minimum absolute atomic E-state index is 0.229. The van der Waals surface area contributed by atoms with Gasteiger partial charge in [0, 0.05) is 28.5 Å². The van der Waals surface area contributed by atoms with Crippen LogP contribution in [0.2, 0.25) is 5.02 Å². The van der Waals surface area contributed by atoms with Crippen LogP contribution in [0.15, 0.2) is 48.2 Å². The highest BCUT2D eigenvalue weighted by molar-refractivity contribution is 7.09. The highest BCUT2D eigenvalue weighted by Gasteiger charge is 2.18. The van der Waals surface area contributed by atoms with E-state index in [9.17, 15) is 13.9 Å². The molecule has 0 aliphatic rings. The van der Waals surface area contributed by atoms with E-state index in [1.807, 2.05) is 0 Å². The molecule has 24 heavy (non-hydrogen) atoms. The summed E-state index contributed by atoms with van der Waals surface area (Å²) in [6.45, 7) is -3.01. The fourth-order valence-electron chi connectivity index (χ4n) is 2.18. The first-order valence-corrected chi connectivity index (χ1v) is 8.07. The highest BCUT2D eigenvalue weighted by atomic mass is 35.5. The second kappa shape index (κ2) is 7.21. The average molecular weight is 369 g/mol. The number of rotatable bonds is 5. The van der Waals surface area contributed by atoms with Crippen LogP contribution in [-0.4, -0.2) is 21.7 Å². The highest BCUT2D eigenvalue weighted by Crippen LogP contribution is 2.34. The van der Waals surface area contributed by atoms with Crippen LogP contribution in [0.5, 0.6) is 5.88 Å². The van der Waals surface area contributed by atoms with Crippen LogP contribution >= 0.6 is 22.9 Å². The lowest BCUT2D eigenvalue weighted by Gasteiger charge is -2.14. The topological polar surface area (TPSA) is 55.2 Å². The summed E-state index contributed by atoms with van der Waals surface area (Å²) in [6.07, 6.45) is 1.89. The Bertz CT molecular complexity index is 831. The van der Waals surface area contributed by atoms with Crippen molar-refractivity contribution in [2.75, 3.05) is 0 Å². The molecule has 0 saturated heterocycles. The maximum atomic E-state index is 12.6. The van der Waals surface area contributed by atoms with Gasteiger partial charge in [0.05, 0.1) is 10.4 Å². The zero-order chi connectivity index (χ0) is 17.1. The van der Waals surface area contributed by atoms with Crippen molar-refractivity contribution in [3.63, 3.8) is 0 Å². The molecule has 0 aliphatic carbocycles. The second-order valence-electron chi connectivity index (χ2n) is 4.82. The molecule has 2 aromatic heterocycles. The molecule has 1 N–H and O–H groups in total. The lowest BCUT2D eigenvalue weighted by Crippen LogP contribution is -2.07. The molecule has 1 atom stereocenters. The summed E-state index contributed by atoms with van der Waals surface area (Å²) in [5.41, 5.74) is 2.91. The molecule has 124 valence electrons. The summed E-state index contributed by atoms with van der Waals surface area (Å²) in [5.74, 6) is -0.229. The Morgan fingerprint density at radius 3 is 2.71 bits per heavy atom. The van der Waals surface area contributed by atoms with E-state index in [1.165, 1.54) is 23.7 Å². The van der Waals surface area contributed by atoms with Crippen molar-refractivity contribution in [1.29, 1.82) is 0 Å². The molecule has 0 amide bonds. The number of ether oxygens (including phenoxy) is 1. The van der Waals surface area contributed by atoms with Crippen molar-refractivity contribution in [1.82, 2.24) is 9.97 Å². The van der Waals surface area contributed by atoms with Crippen LogP contribution in [-0.2, 0) is 0 Å². The molecule has 0 fully saturated rings. The number of benzene rings is 1. The minimum Gasteiger partial charge on any atom is -0.416 e. The van der Waals surface area contributed by atoms with Crippen molar-refractivity contribution in [3.8, 4) is 17.0 Å². The number of hydrogen-bond acceptors (Lipinski definition) is 5. The van der Waals surface area contributed by atoms with Gasteiger partial charge in [-0.25, -0.2) is 4.98 Å². The molecule has 8 heteroatoms. The van der Waals surface area contributed by atoms with Crippen LogP contribution < -0.4 is 4.74 Å². The second-order valence-corrected chi connectivity index (χ2v) is 6.17. The number of nitrogens with zero attached hydrogens (tertiary/aromatic N) is 2. The third kappa shape index (κ3) is 3.69. The quantitative estimate of drug-likeness (QED) is 0.718. The number of hydrogen-bond donors (Lipinski definition) is 1. The number of aliphatic hydroxyl groups excluding tert-OH is 1. The van der Waals surface area contributed by atoms with Crippen LogP contribution in [0, 0.1) is 0 Å². The molecule has 0 radical (unpaired) electrons. The molecule has 4 nitrogen and oxygen atoms in total. The van der Waals surface area contributed by atoms with Gasteiger partial charge in [0.1, 0.15) is 6.10 Å². The third-order valence-corrected chi connectivity index (χ3v) is 4.31. The predicted octanol–water partition coefficient (Wildman–Crippen LogP) is 4.54. The van der Waals surface area contributed by atoms with Crippen LogP contribution in [0.1, 0.15) is 16.5 Å². The summed E-state index contributed by atoms with van der Waals surface area (Å²) in [4.78, 5) is 8.47. The van der Waals surface area contributed by atoms with Gasteiger partial charge >= 0.3 is 6.61 Å². The summed E-state index contributed by atoms with van der Waals surface area (Å²) in [7, 11) is 0. The molecule has 0 bridgehead atoms. The largest absolute Gasteiger partial charge is 0.416 e. The molecule has 0 spiro atoms. The number of alkyl halides is 2. The van der Waals surface area contributed by atoms with E-state index in [0.29, 0.717) is 26.6 Å². The van der Waals surface area contributed by atoms with Gasteiger partial charge in [0.25, 0.3) is 0 Å². The zero-order valence-corrected chi connectivity index (χ0v) is 13.6. The molecule has 1 aromatic carbocycles. The lowest BCUT2D eigenvalue weighted by atomic mass is 10.0. The van der Waals surface area contributed by atoms with Gasteiger partial charge in [0.2, 0.25) is 5.88 Å². The van der Waals surface area contributed by atoms with Crippen molar-refractivity contribution < 1.29 is 18.6 Å². The Labute approximate surface area is 145 Å². The summed E-state index contributed by atoms with van der Waals surface area (Å²) >= 11 is 7.25. The van der Waals surface area contributed by atoms with Crippen LogP contribution in [0.25, 0.3) is 11.1 Å². The first kappa shape index (κ1) is 16.8. The maximum Gasteiger partial charge on any atom is 0.388 e. The Hall–Kier alpha value is -2.09. The zero-order valence-electron chi connectivity index (χ0n) is 12.1. The number of thiazole rings is 1. The molecule has 2 heterocycles. The molecule has 1 unspecified atom stereocenters. The van der Waals surface area contributed by atoms with Crippen molar-refractivity contribution in [2.45, 2.75) is 12.7 Å². The Morgan fingerprint density at radius 1 is 1.21 bits per heavy atom. The van der Waals surface area contributed by atoms with Gasteiger partial charge in [-0.3, -0.25) is 4.98 Å². The summed E-state index contributed by atoms with van der Waals surface area (Å²) < 4.78 is 29.8. The normalized spacial score (nSPS) is 12.4. The standard InChI is InChI=1S/C16H11ClF2N2O2S/c17-11-3-1-2-9(4-11)12-5-10(6-21-15(12)23-16(18)19)14(22)13-7-20-8-24-13/h1-8,14,16,22H. The van der Waals surface area contributed by atoms with Gasteiger partial charge in [0.15, 0.2) is 0 Å². The van der Waals surface area contributed by atoms with Gasteiger partial charge in [-0.2, -0.15) is 8.78 Å². The maximum absolute atomic E-state index is 12.6.